The van der Waals surface area contributed by atoms with E-state index in [-0.39, 0.29) is 40.3 Å². The van der Waals surface area contributed by atoms with Crippen molar-refractivity contribution in [2.75, 3.05) is 5.01 Å². The number of rotatable bonds is 4. The number of carbonyl (C=O) groups is 1. The molecule has 0 saturated heterocycles. The minimum atomic E-state index is -4.45. The zero-order valence-corrected chi connectivity index (χ0v) is 18.0. The van der Waals surface area contributed by atoms with Crippen LogP contribution in [0.1, 0.15) is 6.92 Å². The van der Waals surface area contributed by atoms with E-state index in [1.807, 2.05) is 6.07 Å². The monoisotopic (exact) mass is 415 g/mol. The molecule has 0 radical (unpaired) electrons. The van der Waals surface area contributed by atoms with Crippen LogP contribution in [0.5, 0.6) is 0 Å². The van der Waals surface area contributed by atoms with Crippen LogP contribution in [0.3, 0.4) is 0 Å². The number of nitrogens with zero attached hydrogens (tertiary/aromatic N) is 4. The van der Waals surface area contributed by atoms with Crippen LogP contribution in [0.25, 0.3) is 0 Å². The minimum Gasteiger partial charge on any atom is -0.282 e. The number of hydrazone groups is 1. The van der Waals surface area contributed by atoms with Gasteiger partial charge in [0.15, 0.2) is 6.04 Å². The van der Waals surface area contributed by atoms with Crippen molar-refractivity contribution in [1.29, 1.82) is 0 Å². The Morgan fingerprint density at radius 1 is 1.19 bits per heavy atom. The molecule has 0 aliphatic carbocycles. The van der Waals surface area contributed by atoms with Crippen LogP contribution in [0.15, 0.2) is 68.8 Å². The molecule has 27 heavy (non-hydrogen) atoms. The van der Waals surface area contributed by atoms with Crippen LogP contribution in [0.4, 0.5) is 11.4 Å². The van der Waals surface area contributed by atoms with E-state index >= 15 is 0 Å². The van der Waals surface area contributed by atoms with Crippen molar-refractivity contribution < 1.29 is 47.3 Å². The summed E-state index contributed by atoms with van der Waals surface area (Å²) in [5.41, 5.74) is 0.990. The number of azo groups is 1. The third kappa shape index (κ3) is 4.81. The smallest absolute Gasteiger partial charge is 0.282 e. The van der Waals surface area contributed by atoms with E-state index in [1.165, 1.54) is 6.07 Å². The maximum atomic E-state index is 12.6. The van der Waals surface area contributed by atoms with Crippen LogP contribution in [0.2, 0.25) is 5.02 Å². The SMILES string of the molecule is CC1=NN(c2cc(S(=O)(=O)O)ccc2Cl)C(=O)C1N=Nc1ccccc1.[Na+]. The Bertz CT molecular complexity index is 1030. The van der Waals surface area contributed by atoms with Gasteiger partial charge in [0.05, 0.1) is 27.0 Å². The van der Waals surface area contributed by atoms with E-state index in [0.29, 0.717) is 11.4 Å². The van der Waals surface area contributed by atoms with E-state index in [0.717, 1.165) is 17.1 Å². The number of carbonyl (C=O) groups excluding carboxylic acids is 1. The number of hydrogen-bond acceptors (Lipinski definition) is 6. The molecule has 0 spiro atoms. The molecular formula is C16H13ClN4NaO4S+. The van der Waals surface area contributed by atoms with Crippen molar-refractivity contribution in [1.82, 2.24) is 0 Å². The number of halogens is 1. The predicted octanol–water partition coefficient (Wildman–Crippen LogP) is 0.466. The van der Waals surface area contributed by atoms with E-state index in [4.69, 9.17) is 11.6 Å². The van der Waals surface area contributed by atoms with E-state index < -0.39 is 27.0 Å². The molecule has 8 nitrogen and oxygen atoms in total. The topological polar surface area (TPSA) is 112 Å². The summed E-state index contributed by atoms with van der Waals surface area (Å²) in [6.45, 7) is 1.60. The van der Waals surface area contributed by atoms with E-state index in [9.17, 15) is 17.8 Å². The van der Waals surface area contributed by atoms with Crippen molar-refractivity contribution in [3.63, 3.8) is 0 Å². The van der Waals surface area contributed by atoms with Gasteiger partial charge in [-0.2, -0.15) is 28.8 Å². The van der Waals surface area contributed by atoms with Gasteiger partial charge < -0.3 is 0 Å². The summed E-state index contributed by atoms with van der Waals surface area (Å²) in [6.07, 6.45) is 0. The standard InChI is InChI=1S/C16H13ClN4O4S.Na/c1-10-15(19-18-11-5-3-2-4-6-11)16(22)21(20-10)14-9-12(26(23,24)25)7-8-13(14)17;/h2-9,15H,1H3,(H,23,24,25);/q;+1. The van der Waals surface area contributed by atoms with Crippen molar-refractivity contribution in [3.8, 4) is 0 Å². The van der Waals surface area contributed by atoms with Gasteiger partial charge in [-0.25, -0.2) is 0 Å². The normalized spacial score (nSPS) is 17.1. The molecule has 11 heteroatoms. The molecule has 1 aliphatic rings. The first-order valence-corrected chi connectivity index (χ1v) is 9.21. The first-order valence-electron chi connectivity index (χ1n) is 7.39. The molecule has 2 aromatic carbocycles. The van der Waals surface area contributed by atoms with Gasteiger partial charge in [-0.15, -0.1) is 0 Å². The fourth-order valence-electron chi connectivity index (χ4n) is 2.30. The fourth-order valence-corrected chi connectivity index (χ4v) is 2.99. The van der Waals surface area contributed by atoms with Gasteiger partial charge in [-0.3, -0.25) is 9.35 Å². The molecule has 1 aliphatic heterocycles. The quantitative estimate of drug-likeness (QED) is 0.444. The van der Waals surface area contributed by atoms with Gasteiger partial charge in [0.2, 0.25) is 0 Å². The fraction of sp³-hybridized carbons (Fsp3) is 0.125. The Morgan fingerprint density at radius 3 is 2.48 bits per heavy atom. The van der Waals surface area contributed by atoms with Crippen molar-refractivity contribution in [2.45, 2.75) is 17.9 Å². The van der Waals surface area contributed by atoms with E-state index in [2.05, 4.69) is 15.3 Å². The molecule has 0 bridgehead atoms. The first-order chi connectivity index (χ1) is 12.3. The number of benzene rings is 2. The number of anilines is 1. The Morgan fingerprint density at radius 2 is 1.85 bits per heavy atom. The van der Waals surface area contributed by atoms with Gasteiger partial charge in [-0.05, 0) is 37.3 Å². The van der Waals surface area contributed by atoms with Crippen molar-refractivity contribution >= 4 is 44.7 Å². The summed E-state index contributed by atoms with van der Waals surface area (Å²) in [5, 5.41) is 13.2. The summed E-state index contributed by atoms with van der Waals surface area (Å²) in [7, 11) is -4.45. The van der Waals surface area contributed by atoms with Crippen molar-refractivity contribution in [3.05, 3.63) is 53.6 Å². The molecule has 1 N–H and O–H groups in total. The molecule has 1 atom stereocenters. The maximum absolute atomic E-state index is 12.6. The molecule has 0 aromatic heterocycles. The zero-order valence-electron chi connectivity index (χ0n) is 14.4. The number of hydrogen-bond donors (Lipinski definition) is 1. The Kier molecular flexibility index (Phi) is 6.90. The zero-order chi connectivity index (χ0) is 18.9. The van der Waals surface area contributed by atoms with Crippen LogP contribution in [0, 0.1) is 0 Å². The molecule has 134 valence electrons. The van der Waals surface area contributed by atoms with Gasteiger partial charge in [-0.1, -0.05) is 29.8 Å². The number of amides is 1. The van der Waals surface area contributed by atoms with Crippen LogP contribution >= 0.6 is 11.6 Å². The second-order valence-corrected chi connectivity index (χ2v) is 7.26. The molecule has 1 unspecified atom stereocenters. The average molecular weight is 416 g/mol. The second-order valence-electron chi connectivity index (χ2n) is 5.43. The minimum absolute atomic E-state index is 0. The van der Waals surface area contributed by atoms with Gasteiger partial charge in [0, 0.05) is 0 Å². The Balaban J connectivity index is 0.00000261. The molecule has 1 amide bonds. The van der Waals surface area contributed by atoms with Crippen LogP contribution < -0.4 is 34.6 Å². The Hall–Kier alpha value is -1.62. The third-order valence-electron chi connectivity index (χ3n) is 3.58. The largest absolute Gasteiger partial charge is 1.00 e. The third-order valence-corrected chi connectivity index (χ3v) is 4.75. The van der Waals surface area contributed by atoms with Crippen LogP contribution in [-0.4, -0.2) is 30.6 Å². The average Bonchev–Trinajstić information content (AvgIpc) is 2.87. The summed E-state index contributed by atoms with van der Waals surface area (Å²) in [6, 6.07) is 11.4. The predicted molar refractivity (Wildman–Crippen MR) is 96.6 cm³/mol. The van der Waals surface area contributed by atoms with Crippen molar-refractivity contribution in [2.24, 2.45) is 15.3 Å². The molecule has 0 saturated carbocycles. The molecule has 3 rings (SSSR count). The molecule has 2 aromatic rings. The summed E-state index contributed by atoms with van der Waals surface area (Å²) in [5.74, 6) is -0.531. The summed E-state index contributed by atoms with van der Waals surface area (Å²) < 4.78 is 31.8. The molecular weight excluding hydrogens is 403 g/mol. The summed E-state index contributed by atoms with van der Waals surface area (Å²) in [4.78, 5) is 12.2. The van der Waals surface area contributed by atoms with E-state index in [1.54, 1.807) is 31.2 Å². The molecule has 1 heterocycles. The molecule has 0 fully saturated rings. The van der Waals surface area contributed by atoms with Gasteiger partial charge in [0.1, 0.15) is 0 Å². The summed E-state index contributed by atoms with van der Waals surface area (Å²) >= 11 is 6.07. The van der Waals surface area contributed by atoms with Crippen LogP contribution in [-0.2, 0) is 14.9 Å². The van der Waals surface area contributed by atoms with Gasteiger partial charge >= 0.3 is 29.6 Å². The first kappa shape index (κ1) is 21.7. The Labute approximate surface area is 183 Å². The van der Waals surface area contributed by atoms with Gasteiger partial charge in [0.25, 0.3) is 16.0 Å². The second kappa shape index (κ2) is 8.59. The maximum Gasteiger partial charge on any atom is 1.00 e.